The molecule has 3 aromatic rings. The van der Waals surface area contributed by atoms with Gasteiger partial charge < -0.3 is 10.2 Å². The molecule has 1 N–H and O–H groups in total. The summed E-state index contributed by atoms with van der Waals surface area (Å²) in [6.07, 6.45) is 5.73. The fourth-order valence-electron chi connectivity index (χ4n) is 3.32. The molecule has 4 rings (SSSR count). The molecule has 1 fully saturated rings. The maximum absolute atomic E-state index is 12.5. The van der Waals surface area contributed by atoms with Crippen LogP contribution < -0.4 is 5.32 Å². The van der Waals surface area contributed by atoms with E-state index in [2.05, 4.69) is 27.2 Å². The van der Waals surface area contributed by atoms with Crippen LogP contribution in [0.4, 0.5) is 0 Å². The first kappa shape index (κ1) is 17.9. The van der Waals surface area contributed by atoms with Crippen LogP contribution in [-0.2, 0) is 0 Å². The van der Waals surface area contributed by atoms with Gasteiger partial charge in [-0.25, -0.2) is 9.67 Å². The Kier molecular flexibility index (Phi) is 5.31. The third-order valence-corrected chi connectivity index (χ3v) is 5.85. The summed E-state index contributed by atoms with van der Waals surface area (Å²) >= 11 is 1.47. The third-order valence-electron chi connectivity index (χ3n) is 4.96. The number of carbonyl (C=O) groups is 1. The molecule has 140 valence electrons. The topological polar surface area (TPSA) is 63.1 Å². The number of nitrogens with one attached hydrogen (secondary N) is 1. The molecule has 0 bridgehead atoms. The lowest BCUT2D eigenvalue weighted by Gasteiger charge is -2.31. The van der Waals surface area contributed by atoms with Crippen molar-refractivity contribution < 1.29 is 4.79 Å². The molecule has 0 atom stereocenters. The molecule has 0 unspecified atom stereocenters. The Morgan fingerprint density at radius 2 is 2.04 bits per heavy atom. The molecule has 7 heteroatoms. The van der Waals surface area contributed by atoms with Gasteiger partial charge in [-0.3, -0.25) is 4.79 Å². The minimum absolute atomic E-state index is 0.0806. The lowest BCUT2D eigenvalue weighted by molar-refractivity contribution is 0.0908. The van der Waals surface area contributed by atoms with Crippen molar-refractivity contribution in [2.45, 2.75) is 25.8 Å². The first-order chi connectivity index (χ1) is 13.2. The number of piperidine rings is 1. The van der Waals surface area contributed by atoms with Gasteiger partial charge in [0.1, 0.15) is 10.7 Å². The Morgan fingerprint density at radius 1 is 1.26 bits per heavy atom. The summed E-state index contributed by atoms with van der Waals surface area (Å²) in [7, 11) is 0. The van der Waals surface area contributed by atoms with Gasteiger partial charge in [0.15, 0.2) is 0 Å². The Hall–Kier alpha value is -2.51. The average molecular weight is 382 g/mol. The lowest BCUT2D eigenvalue weighted by Crippen LogP contribution is -2.44. The third kappa shape index (κ3) is 4.09. The molecule has 6 nitrogen and oxygen atoms in total. The van der Waals surface area contributed by atoms with Crippen molar-refractivity contribution >= 4 is 17.2 Å². The fraction of sp³-hybridized carbons (Fsp3) is 0.350. The van der Waals surface area contributed by atoms with Crippen LogP contribution in [0, 0.1) is 0 Å². The molecular formula is C20H23N5OS. The monoisotopic (exact) mass is 381 g/mol. The normalized spacial score (nSPS) is 15.7. The number of nitrogens with zero attached hydrogens (tertiary/aromatic N) is 4. The molecule has 1 aliphatic rings. The van der Waals surface area contributed by atoms with Crippen molar-refractivity contribution in [1.82, 2.24) is 25.0 Å². The highest BCUT2D eigenvalue weighted by Crippen LogP contribution is 2.24. The van der Waals surface area contributed by atoms with Crippen LogP contribution in [0.2, 0.25) is 0 Å². The SMILES string of the molecule is CCN1CCC(NC(=O)c2csc(-c3cnn(-c4ccccc4)c3)n2)CC1. The van der Waals surface area contributed by atoms with Gasteiger partial charge in [-0.15, -0.1) is 11.3 Å². The van der Waals surface area contributed by atoms with E-state index in [0.717, 1.165) is 48.7 Å². The van der Waals surface area contributed by atoms with Gasteiger partial charge in [0, 0.05) is 36.3 Å². The molecule has 0 radical (unpaired) electrons. The Labute approximate surface area is 162 Å². The number of carbonyl (C=O) groups excluding carboxylic acids is 1. The number of hydrogen-bond donors (Lipinski definition) is 1. The van der Waals surface area contributed by atoms with Crippen molar-refractivity contribution in [1.29, 1.82) is 0 Å². The Morgan fingerprint density at radius 3 is 2.78 bits per heavy atom. The zero-order valence-corrected chi connectivity index (χ0v) is 16.2. The second-order valence-electron chi connectivity index (χ2n) is 6.73. The van der Waals surface area contributed by atoms with E-state index >= 15 is 0 Å². The number of benzene rings is 1. The van der Waals surface area contributed by atoms with E-state index < -0.39 is 0 Å². The van der Waals surface area contributed by atoms with Crippen LogP contribution in [-0.4, -0.2) is 51.2 Å². The number of likely N-dealkylation sites (tertiary alicyclic amines) is 1. The zero-order valence-electron chi connectivity index (χ0n) is 15.3. The minimum atomic E-state index is -0.0806. The summed E-state index contributed by atoms with van der Waals surface area (Å²) in [5.41, 5.74) is 2.40. The van der Waals surface area contributed by atoms with Crippen LogP contribution >= 0.6 is 11.3 Å². The van der Waals surface area contributed by atoms with Crippen LogP contribution in [0.25, 0.3) is 16.3 Å². The molecule has 0 spiro atoms. The van der Waals surface area contributed by atoms with E-state index in [4.69, 9.17) is 0 Å². The Bertz CT molecular complexity index is 896. The molecule has 0 saturated carbocycles. The number of aromatic nitrogens is 3. The molecule has 2 aromatic heterocycles. The molecule has 1 saturated heterocycles. The predicted molar refractivity (Wildman–Crippen MR) is 107 cm³/mol. The summed E-state index contributed by atoms with van der Waals surface area (Å²) in [6, 6.07) is 10.2. The number of para-hydroxylation sites is 1. The van der Waals surface area contributed by atoms with Crippen LogP contribution in [0.3, 0.4) is 0 Å². The van der Waals surface area contributed by atoms with Crippen LogP contribution in [0.5, 0.6) is 0 Å². The maximum Gasteiger partial charge on any atom is 0.270 e. The maximum atomic E-state index is 12.5. The van der Waals surface area contributed by atoms with Gasteiger partial charge in [-0.05, 0) is 31.5 Å². The van der Waals surface area contributed by atoms with Gasteiger partial charge >= 0.3 is 0 Å². The highest BCUT2D eigenvalue weighted by molar-refractivity contribution is 7.13. The Balaban J connectivity index is 1.41. The standard InChI is InChI=1S/C20H23N5OS/c1-2-24-10-8-16(9-11-24)22-19(26)18-14-27-20(23-18)15-12-21-25(13-15)17-6-4-3-5-7-17/h3-7,12-14,16H,2,8-11H2,1H3,(H,22,26). The average Bonchev–Trinajstić information content (AvgIpc) is 3.39. The first-order valence-electron chi connectivity index (χ1n) is 9.32. The molecular weight excluding hydrogens is 358 g/mol. The van der Waals surface area contributed by atoms with Crippen LogP contribution in [0.15, 0.2) is 48.1 Å². The minimum Gasteiger partial charge on any atom is -0.348 e. The van der Waals surface area contributed by atoms with E-state index in [1.807, 2.05) is 46.6 Å². The van der Waals surface area contributed by atoms with E-state index in [1.165, 1.54) is 11.3 Å². The summed E-state index contributed by atoms with van der Waals surface area (Å²) in [5, 5.41) is 10.2. The number of amides is 1. The molecule has 3 heterocycles. The van der Waals surface area contributed by atoms with E-state index in [1.54, 1.807) is 6.20 Å². The molecule has 1 aliphatic heterocycles. The van der Waals surface area contributed by atoms with E-state index in [9.17, 15) is 4.79 Å². The van der Waals surface area contributed by atoms with Gasteiger partial charge in [0.2, 0.25) is 0 Å². The molecule has 0 aliphatic carbocycles. The number of thiazole rings is 1. The van der Waals surface area contributed by atoms with Crippen molar-refractivity contribution in [3.63, 3.8) is 0 Å². The second kappa shape index (κ2) is 8.02. The fourth-order valence-corrected chi connectivity index (χ4v) is 4.09. The van der Waals surface area contributed by atoms with Crippen LogP contribution in [0.1, 0.15) is 30.3 Å². The van der Waals surface area contributed by atoms with Crippen molar-refractivity contribution in [3.05, 3.63) is 53.8 Å². The van der Waals surface area contributed by atoms with Gasteiger partial charge in [-0.1, -0.05) is 25.1 Å². The number of hydrogen-bond acceptors (Lipinski definition) is 5. The first-order valence-corrected chi connectivity index (χ1v) is 10.2. The smallest absolute Gasteiger partial charge is 0.270 e. The molecule has 1 amide bonds. The number of rotatable bonds is 5. The quantitative estimate of drug-likeness (QED) is 0.737. The molecule has 27 heavy (non-hydrogen) atoms. The summed E-state index contributed by atoms with van der Waals surface area (Å²) < 4.78 is 1.82. The van der Waals surface area contributed by atoms with Gasteiger partial charge in [-0.2, -0.15) is 5.10 Å². The van der Waals surface area contributed by atoms with E-state index in [-0.39, 0.29) is 11.9 Å². The predicted octanol–water partition coefficient (Wildman–Crippen LogP) is 3.21. The zero-order chi connectivity index (χ0) is 18.6. The van der Waals surface area contributed by atoms with Crippen molar-refractivity contribution in [3.8, 4) is 16.3 Å². The summed E-state index contributed by atoms with van der Waals surface area (Å²) in [4.78, 5) is 19.5. The highest BCUT2D eigenvalue weighted by atomic mass is 32.1. The van der Waals surface area contributed by atoms with Crippen molar-refractivity contribution in [2.24, 2.45) is 0 Å². The van der Waals surface area contributed by atoms with Crippen molar-refractivity contribution in [2.75, 3.05) is 19.6 Å². The van der Waals surface area contributed by atoms with Gasteiger partial charge in [0.05, 0.1) is 11.9 Å². The highest BCUT2D eigenvalue weighted by Gasteiger charge is 2.21. The second-order valence-corrected chi connectivity index (χ2v) is 7.59. The largest absolute Gasteiger partial charge is 0.348 e. The summed E-state index contributed by atoms with van der Waals surface area (Å²) in [5.74, 6) is -0.0806. The molecule has 1 aromatic carbocycles. The van der Waals surface area contributed by atoms with Gasteiger partial charge in [0.25, 0.3) is 5.91 Å². The van der Waals surface area contributed by atoms with E-state index in [0.29, 0.717) is 5.69 Å². The summed E-state index contributed by atoms with van der Waals surface area (Å²) in [6.45, 7) is 5.34. The lowest BCUT2D eigenvalue weighted by atomic mass is 10.1.